The van der Waals surface area contributed by atoms with Crippen molar-refractivity contribution in [2.75, 3.05) is 0 Å². The number of thiophene rings is 1. The average molecular weight is 361 g/mol. The molecular formula is C21H19N3OS. The van der Waals surface area contributed by atoms with Crippen molar-refractivity contribution in [2.24, 2.45) is 0 Å². The first-order valence-electron chi connectivity index (χ1n) is 8.54. The third-order valence-electron chi connectivity index (χ3n) is 4.23. The maximum atomic E-state index is 5.89. The Bertz CT molecular complexity index is 896. The number of benzene rings is 2. The van der Waals surface area contributed by atoms with E-state index in [0.717, 1.165) is 4.88 Å². The van der Waals surface area contributed by atoms with Gasteiger partial charge in [0.15, 0.2) is 0 Å². The molecule has 2 aromatic carbocycles. The Hall–Kier alpha value is -2.76. The zero-order chi connectivity index (χ0) is 17.8. The fourth-order valence-corrected chi connectivity index (χ4v) is 3.55. The molecule has 0 radical (unpaired) electrons. The van der Waals surface area contributed by atoms with E-state index in [0.29, 0.717) is 11.8 Å². The van der Waals surface area contributed by atoms with Gasteiger partial charge in [-0.05, 0) is 29.5 Å². The number of hydrogen-bond donors (Lipinski definition) is 1. The van der Waals surface area contributed by atoms with Crippen molar-refractivity contribution in [1.82, 2.24) is 15.5 Å². The number of aromatic nitrogens is 2. The molecule has 0 bridgehead atoms. The van der Waals surface area contributed by atoms with Crippen molar-refractivity contribution in [2.45, 2.75) is 19.0 Å². The van der Waals surface area contributed by atoms with Crippen LogP contribution in [0, 0.1) is 0 Å². The molecule has 4 nitrogen and oxygen atoms in total. The largest absolute Gasteiger partial charge is 0.418 e. The summed E-state index contributed by atoms with van der Waals surface area (Å²) in [6, 6.07) is 24.7. The van der Waals surface area contributed by atoms with E-state index < -0.39 is 0 Å². The third-order valence-corrected chi connectivity index (χ3v) is 5.08. The Kier molecular flexibility index (Phi) is 4.91. The molecule has 2 heterocycles. The zero-order valence-electron chi connectivity index (χ0n) is 14.4. The van der Waals surface area contributed by atoms with Crippen LogP contribution < -0.4 is 5.32 Å². The Morgan fingerprint density at radius 3 is 2.08 bits per heavy atom. The van der Waals surface area contributed by atoms with Crippen LogP contribution in [0.1, 0.15) is 36.0 Å². The summed E-state index contributed by atoms with van der Waals surface area (Å²) < 4.78 is 5.89. The summed E-state index contributed by atoms with van der Waals surface area (Å²) in [6.45, 7) is 2.05. The van der Waals surface area contributed by atoms with Gasteiger partial charge in [0.1, 0.15) is 0 Å². The molecule has 0 aliphatic carbocycles. The molecule has 0 saturated carbocycles. The van der Waals surface area contributed by atoms with E-state index in [4.69, 9.17) is 4.42 Å². The molecule has 2 aromatic heterocycles. The van der Waals surface area contributed by atoms with E-state index in [2.05, 4.69) is 64.0 Å². The van der Waals surface area contributed by atoms with Gasteiger partial charge < -0.3 is 4.42 Å². The molecule has 26 heavy (non-hydrogen) atoms. The van der Waals surface area contributed by atoms with Gasteiger partial charge in [0.25, 0.3) is 5.89 Å². The smallest absolute Gasteiger partial charge is 0.257 e. The molecular weight excluding hydrogens is 342 g/mol. The number of hydrogen-bond acceptors (Lipinski definition) is 5. The minimum Gasteiger partial charge on any atom is -0.418 e. The minimum atomic E-state index is -0.0818. The van der Waals surface area contributed by atoms with Gasteiger partial charge in [0.2, 0.25) is 5.89 Å². The molecule has 0 aliphatic rings. The van der Waals surface area contributed by atoms with Crippen LogP contribution in [0.2, 0.25) is 0 Å². The lowest BCUT2D eigenvalue weighted by atomic mass is 9.98. The normalized spacial score (nSPS) is 12.4. The predicted molar refractivity (Wildman–Crippen MR) is 104 cm³/mol. The fraction of sp³-hybridized carbons (Fsp3) is 0.143. The topological polar surface area (TPSA) is 51.0 Å². The molecule has 0 aliphatic heterocycles. The van der Waals surface area contributed by atoms with Crippen LogP contribution in [-0.2, 0) is 0 Å². The van der Waals surface area contributed by atoms with Crippen LogP contribution in [0.15, 0.2) is 82.6 Å². The van der Waals surface area contributed by atoms with Gasteiger partial charge in [0, 0.05) is 0 Å². The highest BCUT2D eigenvalue weighted by atomic mass is 32.1. The molecule has 0 saturated heterocycles. The van der Waals surface area contributed by atoms with E-state index in [1.165, 1.54) is 11.1 Å². The average Bonchev–Trinajstić information content (AvgIpc) is 3.39. The Labute approximate surface area is 156 Å². The number of rotatable bonds is 6. The summed E-state index contributed by atoms with van der Waals surface area (Å²) in [4.78, 5) is 0.985. The Balaban J connectivity index is 1.60. The van der Waals surface area contributed by atoms with Gasteiger partial charge in [0.05, 0.1) is 17.0 Å². The van der Waals surface area contributed by atoms with Gasteiger partial charge >= 0.3 is 0 Å². The van der Waals surface area contributed by atoms with Gasteiger partial charge in [-0.2, -0.15) is 0 Å². The van der Waals surface area contributed by atoms with E-state index in [1.807, 2.05) is 36.6 Å². The highest BCUT2D eigenvalue weighted by molar-refractivity contribution is 7.13. The maximum absolute atomic E-state index is 5.89. The first kappa shape index (κ1) is 16.7. The third kappa shape index (κ3) is 3.59. The van der Waals surface area contributed by atoms with Crippen LogP contribution in [-0.4, -0.2) is 10.2 Å². The summed E-state index contributed by atoms with van der Waals surface area (Å²) in [5.74, 6) is 1.16. The lowest BCUT2D eigenvalue weighted by Crippen LogP contribution is -2.25. The lowest BCUT2D eigenvalue weighted by molar-refractivity contribution is 0.403. The predicted octanol–water partition coefficient (Wildman–Crippen LogP) is 5.24. The molecule has 130 valence electrons. The summed E-state index contributed by atoms with van der Waals surface area (Å²) in [5.41, 5.74) is 2.40. The van der Waals surface area contributed by atoms with E-state index >= 15 is 0 Å². The number of nitrogens with one attached hydrogen (secondary N) is 1. The first-order chi connectivity index (χ1) is 12.8. The second kappa shape index (κ2) is 7.64. The van der Waals surface area contributed by atoms with E-state index in [1.54, 1.807) is 11.3 Å². The van der Waals surface area contributed by atoms with Gasteiger partial charge in [-0.1, -0.05) is 66.7 Å². The first-order valence-corrected chi connectivity index (χ1v) is 9.42. The van der Waals surface area contributed by atoms with Crippen molar-refractivity contribution in [3.05, 3.63) is 95.2 Å². The molecule has 0 amide bonds. The van der Waals surface area contributed by atoms with Gasteiger partial charge in [-0.25, -0.2) is 0 Å². The fourth-order valence-electron chi connectivity index (χ4n) is 2.91. The molecule has 1 atom stereocenters. The van der Waals surface area contributed by atoms with Crippen LogP contribution >= 0.6 is 11.3 Å². The van der Waals surface area contributed by atoms with Crippen molar-refractivity contribution in [3.63, 3.8) is 0 Å². The molecule has 5 heteroatoms. The van der Waals surface area contributed by atoms with Crippen LogP contribution in [0.4, 0.5) is 0 Å². The van der Waals surface area contributed by atoms with E-state index in [9.17, 15) is 0 Å². The second-order valence-corrected chi connectivity index (χ2v) is 7.01. The summed E-state index contributed by atoms with van der Waals surface area (Å²) in [6.07, 6.45) is 0. The summed E-state index contributed by atoms with van der Waals surface area (Å²) >= 11 is 1.59. The lowest BCUT2D eigenvalue weighted by Gasteiger charge is -2.22. The van der Waals surface area contributed by atoms with Crippen molar-refractivity contribution >= 4 is 11.3 Å². The van der Waals surface area contributed by atoms with Crippen LogP contribution in [0.3, 0.4) is 0 Å². The molecule has 0 spiro atoms. The molecule has 1 N–H and O–H groups in total. The highest BCUT2D eigenvalue weighted by Crippen LogP contribution is 2.28. The molecule has 0 fully saturated rings. The summed E-state index contributed by atoms with van der Waals surface area (Å²) in [7, 11) is 0. The highest BCUT2D eigenvalue weighted by Gasteiger charge is 2.21. The molecule has 4 rings (SSSR count). The molecule has 4 aromatic rings. The zero-order valence-corrected chi connectivity index (χ0v) is 15.2. The molecule has 1 unspecified atom stereocenters. The Morgan fingerprint density at radius 2 is 1.50 bits per heavy atom. The maximum Gasteiger partial charge on any atom is 0.257 e. The van der Waals surface area contributed by atoms with Crippen molar-refractivity contribution in [1.29, 1.82) is 0 Å². The number of nitrogens with zero attached hydrogens (tertiary/aromatic N) is 2. The van der Waals surface area contributed by atoms with Crippen molar-refractivity contribution in [3.8, 4) is 10.8 Å². The van der Waals surface area contributed by atoms with Crippen LogP contribution in [0.25, 0.3) is 10.8 Å². The van der Waals surface area contributed by atoms with Crippen LogP contribution in [0.5, 0.6) is 0 Å². The van der Waals surface area contributed by atoms with E-state index in [-0.39, 0.29) is 12.1 Å². The second-order valence-electron chi connectivity index (χ2n) is 6.07. The SMILES string of the molecule is CC(NC(c1ccccc1)c1ccccc1)c1nnc(-c2cccs2)o1. The monoisotopic (exact) mass is 361 g/mol. The van der Waals surface area contributed by atoms with Gasteiger partial charge in [-0.15, -0.1) is 21.5 Å². The Morgan fingerprint density at radius 1 is 0.846 bits per heavy atom. The van der Waals surface area contributed by atoms with Gasteiger partial charge in [-0.3, -0.25) is 5.32 Å². The van der Waals surface area contributed by atoms with Crippen molar-refractivity contribution < 1.29 is 4.42 Å². The quantitative estimate of drug-likeness (QED) is 0.510. The standard InChI is InChI=1S/C21H19N3OS/c1-15(20-23-24-21(25-20)18-13-8-14-26-18)22-19(16-9-4-2-5-10-16)17-11-6-3-7-12-17/h2-15,19,22H,1H3. The minimum absolute atomic E-state index is 0.0458. The summed E-state index contributed by atoms with van der Waals surface area (Å²) in [5, 5.41) is 14.1.